The summed E-state index contributed by atoms with van der Waals surface area (Å²) in [4.78, 5) is 2.36. The smallest absolute Gasteiger partial charge is 0.0820 e. The third kappa shape index (κ3) is 7.60. The van der Waals surface area contributed by atoms with Crippen LogP contribution in [-0.2, 0) is 6.42 Å². The van der Waals surface area contributed by atoms with E-state index in [0.717, 1.165) is 19.5 Å². The zero-order valence-corrected chi connectivity index (χ0v) is 13.7. The van der Waals surface area contributed by atoms with Gasteiger partial charge in [-0.3, -0.25) is 0 Å². The van der Waals surface area contributed by atoms with E-state index >= 15 is 0 Å². The molecular formula is C18H32N2O. The summed E-state index contributed by atoms with van der Waals surface area (Å²) in [6.45, 7) is 7.22. The molecule has 0 fully saturated rings. The highest BCUT2D eigenvalue weighted by Crippen LogP contribution is 2.07. The van der Waals surface area contributed by atoms with Gasteiger partial charge in [-0.15, -0.1) is 0 Å². The number of benzene rings is 1. The fourth-order valence-corrected chi connectivity index (χ4v) is 2.48. The standard InChI is InChI=1S/C18H32N2O/c1-3-5-12-20(13-6-4-2)15-18(21)17(19)14-16-10-8-7-9-11-16/h7-11,17-18,21H,3-6,12-15,19H2,1-2H3. The van der Waals surface area contributed by atoms with Crippen molar-refractivity contribution in [2.75, 3.05) is 19.6 Å². The SMILES string of the molecule is CCCCN(CCCC)CC(O)C(N)Cc1ccccc1. The molecule has 0 aliphatic heterocycles. The van der Waals surface area contributed by atoms with Crippen LogP contribution in [-0.4, -0.2) is 41.8 Å². The number of unbranched alkanes of at least 4 members (excludes halogenated alkanes) is 2. The fraction of sp³-hybridized carbons (Fsp3) is 0.667. The third-order valence-electron chi connectivity index (χ3n) is 3.91. The Morgan fingerprint density at radius 3 is 2.14 bits per heavy atom. The van der Waals surface area contributed by atoms with Gasteiger partial charge in [-0.1, -0.05) is 57.0 Å². The summed E-state index contributed by atoms with van der Waals surface area (Å²) in [6, 6.07) is 9.98. The summed E-state index contributed by atoms with van der Waals surface area (Å²) < 4.78 is 0. The molecule has 0 aliphatic rings. The summed E-state index contributed by atoms with van der Waals surface area (Å²) >= 11 is 0. The zero-order chi connectivity index (χ0) is 15.5. The molecule has 2 atom stereocenters. The fourth-order valence-electron chi connectivity index (χ4n) is 2.48. The number of hydrogen-bond acceptors (Lipinski definition) is 3. The van der Waals surface area contributed by atoms with Crippen LogP contribution in [0, 0.1) is 0 Å². The highest BCUT2D eigenvalue weighted by molar-refractivity contribution is 5.16. The molecule has 0 saturated carbocycles. The van der Waals surface area contributed by atoms with Crippen molar-refractivity contribution in [1.29, 1.82) is 0 Å². The Morgan fingerprint density at radius 1 is 1.05 bits per heavy atom. The van der Waals surface area contributed by atoms with Gasteiger partial charge in [0.25, 0.3) is 0 Å². The van der Waals surface area contributed by atoms with E-state index < -0.39 is 6.10 Å². The predicted molar refractivity (Wildman–Crippen MR) is 90.4 cm³/mol. The normalized spacial score (nSPS) is 14.3. The summed E-state index contributed by atoms with van der Waals surface area (Å²) in [5.41, 5.74) is 7.37. The van der Waals surface area contributed by atoms with Crippen LogP contribution in [0.1, 0.15) is 45.1 Å². The van der Waals surface area contributed by atoms with Crippen LogP contribution in [0.2, 0.25) is 0 Å². The maximum atomic E-state index is 10.4. The highest BCUT2D eigenvalue weighted by Gasteiger charge is 2.18. The van der Waals surface area contributed by atoms with Crippen LogP contribution in [0.3, 0.4) is 0 Å². The van der Waals surface area contributed by atoms with Crippen LogP contribution in [0.25, 0.3) is 0 Å². The molecule has 1 aromatic rings. The van der Waals surface area contributed by atoms with E-state index in [9.17, 15) is 5.11 Å². The van der Waals surface area contributed by atoms with Crippen LogP contribution in [0.5, 0.6) is 0 Å². The minimum atomic E-state index is -0.459. The number of nitrogens with zero attached hydrogens (tertiary/aromatic N) is 1. The molecule has 3 N–H and O–H groups in total. The van der Waals surface area contributed by atoms with Gasteiger partial charge in [0.15, 0.2) is 0 Å². The first-order chi connectivity index (χ1) is 10.2. The van der Waals surface area contributed by atoms with Crippen molar-refractivity contribution in [1.82, 2.24) is 4.90 Å². The molecule has 21 heavy (non-hydrogen) atoms. The predicted octanol–water partition coefficient (Wildman–Crippen LogP) is 2.82. The first-order valence-corrected chi connectivity index (χ1v) is 8.37. The second-order valence-corrected chi connectivity index (χ2v) is 5.93. The first-order valence-electron chi connectivity index (χ1n) is 8.37. The van der Waals surface area contributed by atoms with E-state index in [4.69, 9.17) is 5.73 Å². The van der Waals surface area contributed by atoms with Crippen LogP contribution in [0.15, 0.2) is 30.3 Å². The lowest BCUT2D eigenvalue weighted by molar-refractivity contribution is 0.0893. The Labute approximate surface area is 130 Å². The van der Waals surface area contributed by atoms with E-state index in [2.05, 4.69) is 30.9 Å². The average Bonchev–Trinajstić information content (AvgIpc) is 2.50. The van der Waals surface area contributed by atoms with Crippen molar-refractivity contribution in [3.8, 4) is 0 Å². The van der Waals surface area contributed by atoms with Crippen LogP contribution >= 0.6 is 0 Å². The molecule has 3 nitrogen and oxygen atoms in total. The number of aliphatic hydroxyl groups excluding tert-OH is 1. The summed E-state index contributed by atoms with van der Waals surface area (Å²) in [5.74, 6) is 0. The minimum Gasteiger partial charge on any atom is -0.390 e. The monoisotopic (exact) mass is 292 g/mol. The molecule has 1 rings (SSSR count). The van der Waals surface area contributed by atoms with E-state index in [1.54, 1.807) is 0 Å². The van der Waals surface area contributed by atoms with Crippen molar-refractivity contribution < 1.29 is 5.11 Å². The third-order valence-corrected chi connectivity index (χ3v) is 3.91. The van der Waals surface area contributed by atoms with Crippen LogP contribution < -0.4 is 5.73 Å². The summed E-state index contributed by atoms with van der Waals surface area (Å²) in [7, 11) is 0. The van der Waals surface area contributed by atoms with Gasteiger partial charge in [0, 0.05) is 12.6 Å². The Balaban J connectivity index is 2.44. The Bertz CT molecular complexity index is 347. The lowest BCUT2D eigenvalue weighted by atomic mass is 10.0. The van der Waals surface area contributed by atoms with Crippen molar-refractivity contribution >= 4 is 0 Å². The molecule has 0 amide bonds. The van der Waals surface area contributed by atoms with Gasteiger partial charge in [0.1, 0.15) is 0 Å². The molecule has 0 aliphatic carbocycles. The molecular weight excluding hydrogens is 260 g/mol. The Kier molecular flexibility index (Phi) is 9.31. The van der Waals surface area contributed by atoms with Gasteiger partial charge in [-0.25, -0.2) is 0 Å². The molecule has 3 heteroatoms. The number of aliphatic hydroxyl groups is 1. The van der Waals surface area contributed by atoms with Crippen molar-refractivity contribution in [3.63, 3.8) is 0 Å². The van der Waals surface area contributed by atoms with Crippen LogP contribution in [0.4, 0.5) is 0 Å². The van der Waals surface area contributed by atoms with Crippen molar-refractivity contribution in [2.45, 2.75) is 58.1 Å². The second-order valence-electron chi connectivity index (χ2n) is 5.93. The van der Waals surface area contributed by atoms with Gasteiger partial charge >= 0.3 is 0 Å². The van der Waals surface area contributed by atoms with E-state index in [1.807, 2.05) is 18.2 Å². The van der Waals surface area contributed by atoms with E-state index in [0.29, 0.717) is 6.54 Å². The molecule has 2 unspecified atom stereocenters. The van der Waals surface area contributed by atoms with E-state index in [-0.39, 0.29) is 6.04 Å². The zero-order valence-electron chi connectivity index (χ0n) is 13.7. The quantitative estimate of drug-likeness (QED) is 0.659. The highest BCUT2D eigenvalue weighted by atomic mass is 16.3. The molecule has 0 heterocycles. The van der Waals surface area contributed by atoms with Gasteiger partial charge in [-0.05, 0) is 37.9 Å². The molecule has 0 saturated heterocycles. The molecule has 1 aromatic carbocycles. The molecule has 120 valence electrons. The lowest BCUT2D eigenvalue weighted by Gasteiger charge is -2.28. The molecule has 0 spiro atoms. The van der Waals surface area contributed by atoms with Gasteiger partial charge in [-0.2, -0.15) is 0 Å². The largest absolute Gasteiger partial charge is 0.390 e. The Hall–Kier alpha value is -0.900. The number of nitrogens with two attached hydrogens (primary N) is 1. The van der Waals surface area contributed by atoms with Crippen molar-refractivity contribution in [2.24, 2.45) is 5.73 Å². The second kappa shape index (κ2) is 10.8. The van der Waals surface area contributed by atoms with E-state index in [1.165, 1.54) is 31.2 Å². The summed E-state index contributed by atoms with van der Waals surface area (Å²) in [6.07, 6.45) is 5.02. The van der Waals surface area contributed by atoms with Crippen molar-refractivity contribution in [3.05, 3.63) is 35.9 Å². The number of hydrogen-bond donors (Lipinski definition) is 2. The molecule has 0 radical (unpaired) electrons. The van der Waals surface area contributed by atoms with Gasteiger partial charge in [0.2, 0.25) is 0 Å². The van der Waals surface area contributed by atoms with Gasteiger partial charge < -0.3 is 15.7 Å². The lowest BCUT2D eigenvalue weighted by Crippen LogP contribution is -2.45. The average molecular weight is 292 g/mol. The molecule has 0 aromatic heterocycles. The maximum absolute atomic E-state index is 10.4. The summed E-state index contributed by atoms with van der Waals surface area (Å²) in [5, 5.41) is 10.4. The van der Waals surface area contributed by atoms with Gasteiger partial charge in [0.05, 0.1) is 6.10 Å². The minimum absolute atomic E-state index is 0.196. The Morgan fingerprint density at radius 2 is 1.62 bits per heavy atom. The first kappa shape index (κ1) is 18.1. The maximum Gasteiger partial charge on any atom is 0.0820 e. The molecule has 0 bridgehead atoms. The number of rotatable bonds is 11. The topological polar surface area (TPSA) is 49.5 Å².